The highest BCUT2D eigenvalue weighted by molar-refractivity contribution is 6.30. The lowest BCUT2D eigenvalue weighted by Crippen LogP contribution is -2.20. The van der Waals surface area contributed by atoms with Gasteiger partial charge in [-0.3, -0.25) is 9.13 Å². The molecule has 0 atom stereocenters. The van der Waals surface area contributed by atoms with Crippen LogP contribution in [0.5, 0.6) is 0 Å². The molecule has 2 amide bonds. The van der Waals surface area contributed by atoms with Crippen molar-refractivity contribution in [2.75, 3.05) is 10.6 Å². The van der Waals surface area contributed by atoms with Gasteiger partial charge in [-0.15, -0.1) is 0 Å². The number of benzene rings is 2. The molecule has 124 valence electrons. The highest BCUT2D eigenvalue weighted by Crippen LogP contribution is 2.23. The number of aryl methyl sites for hydroxylation is 3. The molecule has 0 fully saturated rings. The summed E-state index contributed by atoms with van der Waals surface area (Å²) in [6.45, 7) is 1.88. The second-order valence-corrected chi connectivity index (χ2v) is 6.08. The number of fused-ring (bicyclic) bond motifs is 1. The van der Waals surface area contributed by atoms with Crippen molar-refractivity contribution in [1.29, 1.82) is 0 Å². The van der Waals surface area contributed by atoms with Gasteiger partial charge in [-0.1, -0.05) is 11.6 Å². The van der Waals surface area contributed by atoms with Crippen LogP contribution in [0.2, 0.25) is 5.02 Å². The molecule has 0 saturated carbocycles. The molecule has 0 bridgehead atoms. The minimum atomic E-state index is -0.360. The molecule has 0 aliphatic heterocycles. The number of halogens is 1. The second kappa shape index (κ2) is 6.05. The molecule has 0 radical (unpaired) electrons. The first kappa shape index (κ1) is 16.1. The number of amides is 2. The van der Waals surface area contributed by atoms with Crippen molar-refractivity contribution in [3.05, 3.63) is 57.5 Å². The largest absolute Gasteiger partial charge is 0.328 e. The van der Waals surface area contributed by atoms with Crippen LogP contribution < -0.4 is 16.3 Å². The zero-order valence-electron chi connectivity index (χ0n) is 13.6. The summed E-state index contributed by atoms with van der Waals surface area (Å²) in [5, 5.41) is 6.16. The minimum absolute atomic E-state index is 0.104. The fraction of sp³-hybridized carbons (Fsp3) is 0.176. The van der Waals surface area contributed by atoms with Crippen LogP contribution in [0.3, 0.4) is 0 Å². The van der Waals surface area contributed by atoms with E-state index in [2.05, 4.69) is 10.6 Å². The van der Waals surface area contributed by atoms with E-state index in [-0.39, 0.29) is 11.7 Å². The highest BCUT2D eigenvalue weighted by Gasteiger charge is 2.12. The SMILES string of the molecule is Cc1cc2c(cc1NC(=O)Nc1ccc(Cl)cc1)n(C)c(=O)n2C. The first-order chi connectivity index (χ1) is 11.4. The molecular weight excluding hydrogens is 328 g/mol. The third kappa shape index (κ3) is 2.88. The van der Waals surface area contributed by atoms with Crippen LogP contribution in [0, 0.1) is 6.92 Å². The Labute approximate surface area is 143 Å². The Kier molecular flexibility index (Phi) is 4.07. The molecule has 0 aliphatic carbocycles. The van der Waals surface area contributed by atoms with Crippen LogP contribution in [-0.4, -0.2) is 15.2 Å². The van der Waals surface area contributed by atoms with Gasteiger partial charge < -0.3 is 10.6 Å². The van der Waals surface area contributed by atoms with E-state index in [0.717, 1.165) is 16.6 Å². The van der Waals surface area contributed by atoms with Crippen LogP contribution in [0.25, 0.3) is 11.0 Å². The molecule has 2 N–H and O–H groups in total. The number of urea groups is 1. The molecule has 0 spiro atoms. The van der Waals surface area contributed by atoms with Crippen LogP contribution in [-0.2, 0) is 14.1 Å². The summed E-state index contributed by atoms with van der Waals surface area (Å²) in [6, 6.07) is 10.2. The van der Waals surface area contributed by atoms with Gasteiger partial charge in [0.05, 0.1) is 11.0 Å². The first-order valence-electron chi connectivity index (χ1n) is 7.36. The topological polar surface area (TPSA) is 68.1 Å². The lowest BCUT2D eigenvalue weighted by Gasteiger charge is -2.11. The van der Waals surface area contributed by atoms with Gasteiger partial charge in [-0.05, 0) is 48.9 Å². The number of nitrogens with zero attached hydrogens (tertiary/aromatic N) is 2. The summed E-state index contributed by atoms with van der Waals surface area (Å²) < 4.78 is 3.14. The summed E-state index contributed by atoms with van der Waals surface area (Å²) in [7, 11) is 3.43. The molecular formula is C17H17ClN4O2. The van der Waals surface area contributed by atoms with Crippen molar-refractivity contribution in [1.82, 2.24) is 9.13 Å². The standard InChI is InChI=1S/C17H17ClN4O2/c1-10-8-14-15(22(3)17(24)21(14)2)9-13(10)20-16(23)19-12-6-4-11(18)5-7-12/h4-9H,1-3H3,(H2,19,20,23). The molecule has 2 aromatic carbocycles. The van der Waals surface area contributed by atoms with E-state index < -0.39 is 0 Å². The fourth-order valence-corrected chi connectivity index (χ4v) is 2.73. The van der Waals surface area contributed by atoms with Gasteiger partial charge in [0.15, 0.2) is 0 Å². The molecule has 3 rings (SSSR count). The average molecular weight is 345 g/mol. The summed E-state index contributed by atoms with van der Waals surface area (Å²) >= 11 is 5.83. The van der Waals surface area contributed by atoms with Gasteiger partial charge in [0, 0.05) is 30.5 Å². The molecule has 0 aliphatic rings. The number of carbonyl (C=O) groups is 1. The predicted molar refractivity (Wildman–Crippen MR) is 97.0 cm³/mol. The summed E-state index contributed by atoms with van der Waals surface area (Å²) in [4.78, 5) is 24.2. The van der Waals surface area contributed by atoms with E-state index in [9.17, 15) is 9.59 Å². The van der Waals surface area contributed by atoms with Crippen molar-refractivity contribution in [3.63, 3.8) is 0 Å². The van der Waals surface area contributed by atoms with E-state index >= 15 is 0 Å². The fourth-order valence-electron chi connectivity index (χ4n) is 2.60. The monoisotopic (exact) mass is 344 g/mol. The maximum Gasteiger partial charge on any atom is 0.328 e. The van der Waals surface area contributed by atoms with Gasteiger partial charge in [-0.2, -0.15) is 0 Å². The number of anilines is 2. The summed E-state index contributed by atoms with van der Waals surface area (Å²) in [5.74, 6) is 0. The highest BCUT2D eigenvalue weighted by atomic mass is 35.5. The minimum Gasteiger partial charge on any atom is -0.308 e. The second-order valence-electron chi connectivity index (χ2n) is 5.64. The Morgan fingerprint density at radius 2 is 1.58 bits per heavy atom. The molecule has 1 aromatic heterocycles. The number of hydrogen-bond donors (Lipinski definition) is 2. The Balaban J connectivity index is 1.88. The van der Waals surface area contributed by atoms with Crippen molar-refractivity contribution in [3.8, 4) is 0 Å². The van der Waals surface area contributed by atoms with Gasteiger partial charge in [-0.25, -0.2) is 9.59 Å². The number of nitrogens with one attached hydrogen (secondary N) is 2. The van der Waals surface area contributed by atoms with Crippen LogP contribution in [0.15, 0.2) is 41.2 Å². The Morgan fingerprint density at radius 3 is 2.21 bits per heavy atom. The van der Waals surface area contributed by atoms with Crippen LogP contribution >= 0.6 is 11.6 Å². The van der Waals surface area contributed by atoms with E-state index in [1.54, 1.807) is 53.6 Å². The van der Waals surface area contributed by atoms with Crippen LogP contribution in [0.4, 0.5) is 16.2 Å². The van der Waals surface area contributed by atoms with E-state index in [0.29, 0.717) is 16.4 Å². The number of aromatic nitrogens is 2. The Bertz CT molecular complexity index is 986. The first-order valence-corrected chi connectivity index (χ1v) is 7.74. The van der Waals surface area contributed by atoms with Crippen molar-refractivity contribution in [2.24, 2.45) is 14.1 Å². The third-order valence-electron chi connectivity index (χ3n) is 3.97. The number of carbonyl (C=O) groups excluding carboxylic acids is 1. The normalized spacial score (nSPS) is 10.8. The summed E-state index contributed by atoms with van der Waals surface area (Å²) in [6.07, 6.45) is 0. The number of rotatable bonds is 2. The Morgan fingerprint density at radius 1 is 1.00 bits per heavy atom. The summed E-state index contributed by atoms with van der Waals surface area (Å²) in [5.41, 5.74) is 3.64. The molecule has 3 aromatic rings. The molecule has 1 heterocycles. The van der Waals surface area contributed by atoms with Gasteiger partial charge in [0.25, 0.3) is 0 Å². The van der Waals surface area contributed by atoms with Gasteiger partial charge >= 0.3 is 11.7 Å². The lowest BCUT2D eigenvalue weighted by atomic mass is 10.1. The molecule has 6 nitrogen and oxygen atoms in total. The zero-order chi connectivity index (χ0) is 17.4. The van der Waals surface area contributed by atoms with Gasteiger partial charge in [0.1, 0.15) is 0 Å². The zero-order valence-corrected chi connectivity index (χ0v) is 14.3. The van der Waals surface area contributed by atoms with E-state index in [1.165, 1.54) is 0 Å². The molecule has 0 saturated heterocycles. The average Bonchev–Trinajstić information content (AvgIpc) is 2.75. The Hall–Kier alpha value is -2.73. The maximum absolute atomic E-state index is 12.2. The van der Waals surface area contributed by atoms with Crippen molar-refractivity contribution < 1.29 is 4.79 Å². The van der Waals surface area contributed by atoms with E-state index in [4.69, 9.17) is 11.6 Å². The van der Waals surface area contributed by atoms with Crippen molar-refractivity contribution >= 4 is 40.0 Å². The molecule has 24 heavy (non-hydrogen) atoms. The van der Waals surface area contributed by atoms with Crippen LogP contribution in [0.1, 0.15) is 5.56 Å². The van der Waals surface area contributed by atoms with E-state index in [1.807, 2.05) is 13.0 Å². The molecule has 0 unspecified atom stereocenters. The number of hydrogen-bond acceptors (Lipinski definition) is 2. The third-order valence-corrected chi connectivity index (χ3v) is 4.22. The quantitative estimate of drug-likeness (QED) is 0.747. The number of imidazole rings is 1. The smallest absolute Gasteiger partial charge is 0.308 e. The molecule has 7 heteroatoms. The lowest BCUT2D eigenvalue weighted by molar-refractivity contribution is 0.262. The maximum atomic E-state index is 12.2. The predicted octanol–water partition coefficient (Wildman–Crippen LogP) is 3.48. The van der Waals surface area contributed by atoms with Gasteiger partial charge in [0.2, 0.25) is 0 Å². The van der Waals surface area contributed by atoms with Crippen molar-refractivity contribution in [2.45, 2.75) is 6.92 Å².